The Morgan fingerprint density at radius 1 is 1.13 bits per heavy atom. The zero-order valence-corrected chi connectivity index (χ0v) is 19.0. The number of halogens is 1. The summed E-state index contributed by atoms with van der Waals surface area (Å²) in [5.74, 6) is -0.00525. The van der Waals surface area contributed by atoms with Gasteiger partial charge in [0.25, 0.3) is 0 Å². The van der Waals surface area contributed by atoms with E-state index in [1.54, 1.807) is 4.90 Å². The maximum Gasteiger partial charge on any atom is 0.243 e. The quantitative estimate of drug-likeness (QED) is 0.675. The van der Waals surface area contributed by atoms with Gasteiger partial charge in [-0.3, -0.25) is 9.59 Å². The number of benzene rings is 2. The standard InChI is InChI=1S/C25H31ClN2O2/c1-17(18-11-13-19(14-12-18)20-8-5-6-9-21(20)26)27-24(30)22-10-7-15-28(22)23(29)16-25(2,3)4/h5-6,8-9,11-14,17,22H,7,10,15-16H2,1-4H3,(H,27,30)/t17-,22-/m0/s1. The number of nitrogens with one attached hydrogen (secondary N) is 1. The van der Waals surface area contributed by atoms with Crippen LogP contribution in [0.15, 0.2) is 48.5 Å². The van der Waals surface area contributed by atoms with Crippen molar-refractivity contribution in [3.8, 4) is 11.1 Å². The second-order valence-electron chi connectivity index (χ2n) is 9.31. The van der Waals surface area contributed by atoms with E-state index in [0.29, 0.717) is 18.0 Å². The molecular weight excluding hydrogens is 396 g/mol. The lowest BCUT2D eigenvalue weighted by atomic mass is 9.91. The van der Waals surface area contributed by atoms with Crippen LogP contribution in [0.4, 0.5) is 0 Å². The van der Waals surface area contributed by atoms with Gasteiger partial charge in [0.2, 0.25) is 11.8 Å². The van der Waals surface area contributed by atoms with Gasteiger partial charge in [0.05, 0.1) is 6.04 Å². The summed E-state index contributed by atoms with van der Waals surface area (Å²) in [7, 11) is 0. The van der Waals surface area contributed by atoms with E-state index in [4.69, 9.17) is 11.6 Å². The van der Waals surface area contributed by atoms with Gasteiger partial charge in [-0.05, 0) is 42.4 Å². The summed E-state index contributed by atoms with van der Waals surface area (Å²) in [6, 6.07) is 15.3. The van der Waals surface area contributed by atoms with Crippen molar-refractivity contribution >= 4 is 23.4 Å². The van der Waals surface area contributed by atoms with Crippen LogP contribution in [0, 0.1) is 5.41 Å². The lowest BCUT2D eigenvalue weighted by Crippen LogP contribution is -2.47. The molecule has 0 unspecified atom stereocenters. The van der Waals surface area contributed by atoms with Crippen LogP contribution in [0.25, 0.3) is 11.1 Å². The van der Waals surface area contributed by atoms with Gasteiger partial charge in [-0.15, -0.1) is 0 Å². The number of likely N-dealkylation sites (tertiary alicyclic amines) is 1. The average molecular weight is 427 g/mol. The van der Waals surface area contributed by atoms with Gasteiger partial charge in [0.15, 0.2) is 0 Å². The Kier molecular flexibility index (Phi) is 6.87. The van der Waals surface area contributed by atoms with Crippen molar-refractivity contribution in [2.75, 3.05) is 6.54 Å². The normalized spacial score (nSPS) is 17.6. The molecule has 1 aliphatic rings. The van der Waals surface area contributed by atoms with Crippen molar-refractivity contribution < 1.29 is 9.59 Å². The summed E-state index contributed by atoms with van der Waals surface area (Å²) in [4.78, 5) is 27.3. The number of carbonyl (C=O) groups is 2. The molecule has 0 aromatic heterocycles. The van der Waals surface area contributed by atoms with Crippen LogP contribution in [-0.2, 0) is 9.59 Å². The average Bonchev–Trinajstić information content (AvgIpc) is 3.17. The molecule has 0 aliphatic carbocycles. The molecule has 2 amide bonds. The highest BCUT2D eigenvalue weighted by molar-refractivity contribution is 6.33. The van der Waals surface area contributed by atoms with E-state index >= 15 is 0 Å². The first-order valence-corrected chi connectivity index (χ1v) is 11.0. The molecule has 0 bridgehead atoms. The SMILES string of the molecule is C[C@H](NC(=O)[C@@H]1CCCN1C(=O)CC(C)(C)C)c1ccc(-c2ccccc2Cl)cc1. The van der Waals surface area contributed by atoms with Crippen molar-refractivity contribution in [2.45, 2.75) is 59.0 Å². The minimum atomic E-state index is -0.371. The number of hydrogen-bond acceptors (Lipinski definition) is 2. The van der Waals surface area contributed by atoms with Crippen LogP contribution in [-0.4, -0.2) is 29.3 Å². The molecule has 2 atom stereocenters. The molecule has 4 nitrogen and oxygen atoms in total. The Morgan fingerprint density at radius 3 is 2.43 bits per heavy atom. The first kappa shape index (κ1) is 22.4. The van der Waals surface area contributed by atoms with Gasteiger partial charge in [-0.1, -0.05) is 74.8 Å². The molecule has 1 aliphatic heterocycles. The summed E-state index contributed by atoms with van der Waals surface area (Å²) in [5.41, 5.74) is 2.96. The van der Waals surface area contributed by atoms with Gasteiger partial charge in [-0.25, -0.2) is 0 Å². The van der Waals surface area contributed by atoms with Crippen LogP contribution >= 0.6 is 11.6 Å². The Labute approximate surface area is 184 Å². The number of rotatable bonds is 5. The third kappa shape index (κ3) is 5.42. The largest absolute Gasteiger partial charge is 0.348 e. The second-order valence-corrected chi connectivity index (χ2v) is 9.72. The topological polar surface area (TPSA) is 49.4 Å². The van der Waals surface area contributed by atoms with Crippen molar-refractivity contribution in [1.29, 1.82) is 0 Å². The van der Waals surface area contributed by atoms with Crippen molar-refractivity contribution in [1.82, 2.24) is 10.2 Å². The molecule has 0 spiro atoms. The fourth-order valence-corrected chi connectivity index (χ4v) is 4.18. The Bertz CT molecular complexity index is 902. The van der Waals surface area contributed by atoms with Gasteiger partial charge < -0.3 is 10.2 Å². The molecule has 1 fully saturated rings. The first-order valence-electron chi connectivity index (χ1n) is 10.6. The van der Waals surface area contributed by atoms with Crippen LogP contribution in [0.2, 0.25) is 5.02 Å². The monoisotopic (exact) mass is 426 g/mol. The predicted molar refractivity (Wildman–Crippen MR) is 122 cm³/mol. The number of amides is 2. The van der Waals surface area contributed by atoms with E-state index in [9.17, 15) is 9.59 Å². The Balaban J connectivity index is 1.65. The summed E-state index contributed by atoms with van der Waals surface area (Å²) in [5, 5.41) is 3.81. The van der Waals surface area contributed by atoms with Crippen LogP contribution in [0.1, 0.15) is 58.6 Å². The lowest BCUT2D eigenvalue weighted by Gasteiger charge is -2.28. The summed E-state index contributed by atoms with van der Waals surface area (Å²) in [6.07, 6.45) is 2.05. The number of nitrogens with zero attached hydrogens (tertiary/aromatic N) is 1. The molecule has 2 aromatic rings. The molecule has 0 radical (unpaired) electrons. The fourth-order valence-electron chi connectivity index (χ4n) is 3.93. The van der Waals surface area contributed by atoms with Gasteiger partial charge in [0.1, 0.15) is 6.04 Å². The molecule has 1 heterocycles. The fraction of sp³-hybridized carbons (Fsp3) is 0.440. The Morgan fingerprint density at radius 2 is 1.80 bits per heavy atom. The molecule has 1 N–H and O–H groups in total. The van der Waals surface area contributed by atoms with Crippen molar-refractivity contribution in [3.05, 3.63) is 59.1 Å². The van der Waals surface area contributed by atoms with E-state index in [1.807, 2.05) is 76.2 Å². The van der Waals surface area contributed by atoms with Gasteiger partial charge >= 0.3 is 0 Å². The predicted octanol–water partition coefficient (Wildman–Crippen LogP) is 5.61. The van der Waals surface area contributed by atoms with E-state index in [0.717, 1.165) is 29.5 Å². The maximum absolute atomic E-state index is 12.9. The summed E-state index contributed by atoms with van der Waals surface area (Å²) < 4.78 is 0. The molecular formula is C25H31ClN2O2. The van der Waals surface area contributed by atoms with Gasteiger partial charge in [-0.2, -0.15) is 0 Å². The van der Waals surface area contributed by atoms with Crippen LogP contribution < -0.4 is 5.32 Å². The zero-order chi connectivity index (χ0) is 21.9. The highest BCUT2D eigenvalue weighted by Crippen LogP contribution is 2.29. The van der Waals surface area contributed by atoms with E-state index in [1.165, 1.54) is 0 Å². The van der Waals surface area contributed by atoms with Crippen LogP contribution in [0.3, 0.4) is 0 Å². The van der Waals surface area contributed by atoms with Crippen molar-refractivity contribution in [2.24, 2.45) is 5.41 Å². The maximum atomic E-state index is 12.9. The van der Waals surface area contributed by atoms with E-state index in [2.05, 4.69) is 5.32 Å². The minimum Gasteiger partial charge on any atom is -0.348 e. The highest BCUT2D eigenvalue weighted by atomic mass is 35.5. The Hall–Kier alpha value is -2.33. The smallest absolute Gasteiger partial charge is 0.243 e. The third-order valence-electron chi connectivity index (χ3n) is 5.51. The van der Waals surface area contributed by atoms with Crippen molar-refractivity contribution in [3.63, 3.8) is 0 Å². The molecule has 5 heteroatoms. The number of carbonyl (C=O) groups excluding carboxylic acids is 2. The first-order chi connectivity index (χ1) is 14.2. The molecule has 30 heavy (non-hydrogen) atoms. The zero-order valence-electron chi connectivity index (χ0n) is 18.2. The number of hydrogen-bond donors (Lipinski definition) is 1. The molecule has 1 saturated heterocycles. The minimum absolute atomic E-state index is 0.0666. The van der Waals surface area contributed by atoms with E-state index < -0.39 is 0 Å². The molecule has 160 valence electrons. The lowest BCUT2D eigenvalue weighted by molar-refractivity contribution is -0.140. The van der Waals surface area contributed by atoms with E-state index in [-0.39, 0.29) is 29.3 Å². The van der Waals surface area contributed by atoms with Gasteiger partial charge in [0, 0.05) is 23.6 Å². The molecule has 3 rings (SSSR count). The van der Waals surface area contributed by atoms with Crippen LogP contribution in [0.5, 0.6) is 0 Å². The summed E-state index contributed by atoms with van der Waals surface area (Å²) >= 11 is 6.29. The summed E-state index contributed by atoms with van der Waals surface area (Å²) in [6.45, 7) is 8.77. The molecule has 2 aromatic carbocycles. The second kappa shape index (κ2) is 9.22. The highest BCUT2D eigenvalue weighted by Gasteiger charge is 2.35. The third-order valence-corrected chi connectivity index (χ3v) is 5.84. The molecule has 0 saturated carbocycles.